The molecule has 1 N–H and O–H groups in total. The van der Waals surface area contributed by atoms with Gasteiger partial charge in [-0.25, -0.2) is 0 Å². The maximum Gasteiger partial charge on any atom is 0.0388 e. The Morgan fingerprint density at radius 3 is 2.75 bits per heavy atom. The molecule has 1 nitrogen and oxygen atoms in total. The number of nitrogens with one attached hydrogen (secondary N) is 1. The van der Waals surface area contributed by atoms with E-state index >= 15 is 0 Å². The number of rotatable bonds is 4. The lowest BCUT2D eigenvalue weighted by Gasteiger charge is -2.17. The van der Waals surface area contributed by atoms with E-state index < -0.39 is 0 Å². The summed E-state index contributed by atoms with van der Waals surface area (Å²) in [6.45, 7) is 6.65. The Bertz CT molecular complexity index is 206. The zero-order chi connectivity index (χ0) is 8.97. The minimum absolute atomic E-state index is 0.500. The third-order valence-electron chi connectivity index (χ3n) is 2.12. The van der Waals surface area contributed by atoms with Crippen LogP contribution in [0.5, 0.6) is 0 Å². The van der Waals surface area contributed by atoms with E-state index in [1.807, 2.05) is 11.3 Å². The van der Waals surface area contributed by atoms with Crippen LogP contribution >= 0.6 is 11.3 Å². The molecule has 2 atom stereocenters. The van der Waals surface area contributed by atoms with E-state index in [4.69, 9.17) is 0 Å². The summed E-state index contributed by atoms with van der Waals surface area (Å²) in [7, 11) is 0. The lowest BCUT2D eigenvalue weighted by Crippen LogP contribution is -2.27. The molecule has 0 saturated carbocycles. The SMILES string of the molecule is CCC(C)N[C@@H](C)c1cccs1. The Morgan fingerprint density at radius 2 is 2.25 bits per heavy atom. The van der Waals surface area contributed by atoms with Crippen molar-refractivity contribution in [2.75, 3.05) is 0 Å². The molecule has 2 heteroatoms. The van der Waals surface area contributed by atoms with Crippen molar-refractivity contribution in [1.82, 2.24) is 5.32 Å². The highest BCUT2D eigenvalue weighted by atomic mass is 32.1. The lowest BCUT2D eigenvalue weighted by molar-refractivity contribution is 0.474. The minimum atomic E-state index is 0.500. The number of hydrogen-bond donors (Lipinski definition) is 1. The van der Waals surface area contributed by atoms with Gasteiger partial charge in [0, 0.05) is 17.0 Å². The van der Waals surface area contributed by atoms with Crippen molar-refractivity contribution < 1.29 is 0 Å². The summed E-state index contributed by atoms with van der Waals surface area (Å²) in [5, 5.41) is 5.67. The molecule has 0 aliphatic rings. The fourth-order valence-corrected chi connectivity index (χ4v) is 1.91. The van der Waals surface area contributed by atoms with E-state index in [0.717, 1.165) is 0 Å². The molecule has 1 aromatic heterocycles. The molecule has 1 rings (SSSR count). The smallest absolute Gasteiger partial charge is 0.0388 e. The maximum absolute atomic E-state index is 3.54. The van der Waals surface area contributed by atoms with Crippen LogP contribution in [0.25, 0.3) is 0 Å². The van der Waals surface area contributed by atoms with E-state index in [2.05, 4.69) is 43.6 Å². The first-order valence-corrected chi connectivity index (χ1v) is 5.41. The molecule has 0 bridgehead atoms. The second kappa shape index (κ2) is 4.63. The van der Waals surface area contributed by atoms with Crippen molar-refractivity contribution in [2.24, 2.45) is 0 Å². The van der Waals surface area contributed by atoms with E-state index in [-0.39, 0.29) is 0 Å². The number of thiophene rings is 1. The predicted molar refractivity (Wildman–Crippen MR) is 55.6 cm³/mol. The van der Waals surface area contributed by atoms with Crippen LogP contribution in [0.1, 0.15) is 38.1 Å². The molecular formula is C10H17NS. The number of hydrogen-bond acceptors (Lipinski definition) is 2. The van der Waals surface area contributed by atoms with Crippen LogP contribution < -0.4 is 5.32 Å². The average Bonchev–Trinajstić information content (AvgIpc) is 2.56. The Kier molecular flexibility index (Phi) is 3.76. The second-order valence-corrected chi connectivity index (χ2v) is 4.19. The summed E-state index contributed by atoms with van der Waals surface area (Å²) in [5.74, 6) is 0. The van der Waals surface area contributed by atoms with Crippen molar-refractivity contribution in [3.63, 3.8) is 0 Å². The van der Waals surface area contributed by atoms with Gasteiger partial charge in [-0.1, -0.05) is 13.0 Å². The first-order chi connectivity index (χ1) is 5.74. The minimum Gasteiger partial charge on any atom is -0.307 e. The van der Waals surface area contributed by atoms with E-state index in [1.54, 1.807) is 0 Å². The van der Waals surface area contributed by atoms with Gasteiger partial charge in [0.25, 0.3) is 0 Å². The molecule has 68 valence electrons. The van der Waals surface area contributed by atoms with Gasteiger partial charge in [0.15, 0.2) is 0 Å². The first-order valence-electron chi connectivity index (χ1n) is 4.53. The topological polar surface area (TPSA) is 12.0 Å². The lowest BCUT2D eigenvalue weighted by atomic mass is 10.2. The average molecular weight is 183 g/mol. The molecule has 0 radical (unpaired) electrons. The fourth-order valence-electron chi connectivity index (χ4n) is 1.16. The predicted octanol–water partition coefficient (Wildman–Crippen LogP) is 3.20. The molecule has 0 aliphatic heterocycles. The molecule has 12 heavy (non-hydrogen) atoms. The molecule has 0 aliphatic carbocycles. The largest absolute Gasteiger partial charge is 0.307 e. The van der Waals surface area contributed by atoms with E-state index in [9.17, 15) is 0 Å². The van der Waals surface area contributed by atoms with Crippen LogP contribution in [-0.2, 0) is 0 Å². The monoisotopic (exact) mass is 183 g/mol. The van der Waals surface area contributed by atoms with Gasteiger partial charge in [0.2, 0.25) is 0 Å². The van der Waals surface area contributed by atoms with Gasteiger partial charge in [-0.05, 0) is 31.7 Å². The molecule has 1 heterocycles. The molecule has 0 aromatic carbocycles. The highest BCUT2D eigenvalue weighted by molar-refractivity contribution is 7.10. The fraction of sp³-hybridized carbons (Fsp3) is 0.600. The van der Waals surface area contributed by atoms with Crippen molar-refractivity contribution in [1.29, 1.82) is 0 Å². The van der Waals surface area contributed by atoms with E-state index in [0.29, 0.717) is 12.1 Å². The van der Waals surface area contributed by atoms with Crippen LogP contribution in [0.15, 0.2) is 17.5 Å². The zero-order valence-electron chi connectivity index (χ0n) is 8.00. The molecule has 0 spiro atoms. The van der Waals surface area contributed by atoms with Gasteiger partial charge in [0.05, 0.1) is 0 Å². The molecule has 1 aromatic rings. The van der Waals surface area contributed by atoms with Crippen LogP contribution in [0, 0.1) is 0 Å². The van der Waals surface area contributed by atoms with Crippen LogP contribution in [0.2, 0.25) is 0 Å². The van der Waals surface area contributed by atoms with Gasteiger partial charge in [-0.3, -0.25) is 0 Å². The zero-order valence-corrected chi connectivity index (χ0v) is 8.82. The summed E-state index contributed by atoms with van der Waals surface area (Å²) < 4.78 is 0. The molecule has 1 unspecified atom stereocenters. The summed E-state index contributed by atoms with van der Waals surface area (Å²) in [6.07, 6.45) is 1.19. The molecule has 0 amide bonds. The van der Waals surface area contributed by atoms with Gasteiger partial charge >= 0.3 is 0 Å². The first kappa shape index (κ1) is 9.75. The quantitative estimate of drug-likeness (QED) is 0.756. The summed E-state index contributed by atoms with van der Waals surface area (Å²) in [6, 6.07) is 5.40. The van der Waals surface area contributed by atoms with Gasteiger partial charge in [-0.15, -0.1) is 11.3 Å². The highest BCUT2D eigenvalue weighted by Gasteiger charge is 2.07. The van der Waals surface area contributed by atoms with Crippen molar-refractivity contribution >= 4 is 11.3 Å². The second-order valence-electron chi connectivity index (χ2n) is 3.21. The molecule has 0 fully saturated rings. The standard InChI is InChI=1S/C10H17NS/c1-4-8(2)11-9(3)10-6-5-7-12-10/h5-9,11H,4H2,1-3H3/t8?,9-/m0/s1. The molecular weight excluding hydrogens is 166 g/mol. The van der Waals surface area contributed by atoms with Gasteiger partial charge in [-0.2, -0.15) is 0 Å². The Balaban J connectivity index is 2.44. The summed E-state index contributed by atoms with van der Waals surface area (Å²) in [4.78, 5) is 1.43. The van der Waals surface area contributed by atoms with Crippen LogP contribution in [-0.4, -0.2) is 6.04 Å². The summed E-state index contributed by atoms with van der Waals surface area (Å²) in [5.41, 5.74) is 0. The normalized spacial score (nSPS) is 15.9. The van der Waals surface area contributed by atoms with Crippen molar-refractivity contribution in [2.45, 2.75) is 39.3 Å². The van der Waals surface area contributed by atoms with Crippen molar-refractivity contribution in [3.05, 3.63) is 22.4 Å². The van der Waals surface area contributed by atoms with Crippen LogP contribution in [0.4, 0.5) is 0 Å². The van der Waals surface area contributed by atoms with Crippen LogP contribution in [0.3, 0.4) is 0 Å². The highest BCUT2D eigenvalue weighted by Crippen LogP contribution is 2.18. The maximum atomic E-state index is 3.54. The van der Waals surface area contributed by atoms with Gasteiger partial charge < -0.3 is 5.32 Å². The third kappa shape index (κ3) is 2.61. The van der Waals surface area contributed by atoms with Crippen molar-refractivity contribution in [3.8, 4) is 0 Å². The van der Waals surface area contributed by atoms with E-state index in [1.165, 1.54) is 11.3 Å². The third-order valence-corrected chi connectivity index (χ3v) is 3.17. The Labute approximate surface area is 78.8 Å². The van der Waals surface area contributed by atoms with Gasteiger partial charge in [0.1, 0.15) is 0 Å². The summed E-state index contributed by atoms with van der Waals surface area (Å²) >= 11 is 1.82. The Hall–Kier alpha value is -0.340. The Morgan fingerprint density at radius 1 is 1.50 bits per heavy atom. The molecule has 0 saturated heterocycles.